The fourth-order valence-corrected chi connectivity index (χ4v) is 3.03. The number of ether oxygens (including phenoxy) is 1. The largest absolute Gasteiger partial charge is 0.452 e. The van der Waals surface area contributed by atoms with E-state index in [-0.39, 0.29) is 12.5 Å². The minimum absolute atomic E-state index is 0.334. The van der Waals surface area contributed by atoms with Crippen LogP contribution in [0.4, 0.5) is 0 Å². The van der Waals surface area contributed by atoms with E-state index in [0.29, 0.717) is 11.6 Å². The van der Waals surface area contributed by atoms with Gasteiger partial charge in [-0.05, 0) is 49.8 Å². The van der Waals surface area contributed by atoms with Crippen LogP contribution in [-0.4, -0.2) is 28.3 Å². The fraction of sp³-hybridized carbons (Fsp3) is 0.174. The summed E-state index contributed by atoms with van der Waals surface area (Å²) in [6, 6.07) is 16.9. The number of aromatic nitrogens is 2. The zero-order valence-electron chi connectivity index (χ0n) is 16.8. The Labute approximate surface area is 180 Å². The number of halogens is 1. The van der Waals surface area contributed by atoms with Gasteiger partial charge in [0.05, 0.1) is 11.4 Å². The Kier molecular flexibility index (Phi) is 7.03. The summed E-state index contributed by atoms with van der Waals surface area (Å²) in [4.78, 5) is 23.9. The topological polar surface area (TPSA) is 73.2 Å². The number of hydrogen-bond acceptors (Lipinski definition) is 4. The van der Waals surface area contributed by atoms with Gasteiger partial charge in [0.25, 0.3) is 5.91 Å². The van der Waals surface area contributed by atoms with Gasteiger partial charge in [-0.1, -0.05) is 41.9 Å². The number of para-hydroxylation sites is 1. The molecule has 1 aromatic heterocycles. The monoisotopic (exact) mass is 423 g/mol. The first-order valence-corrected chi connectivity index (χ1v) is 9.79. The lowest BCUT2D eigenvalue weighted by molar-refractivity contribution is -0.143. The average molecular weight is 424 g/mol. The van der Waals surface area contributed by atoms with Crippen LogP contribution in [0.15, 0.2) is 60.7 Å². The van der Waals surface area contributed by atoms with Gasteiger partial charge in [0.15, 0.2) is 6.61 Å². The molecule has 3 aromatic rings. The predicted molar refractivity (Wildman–Crippen MR) is 116 cm³/mol. The van der Waals surface area contributed by atoms with Gasteiger partial charge in [-0.2, -0.15) is 5.10 Å². The molecule has 1 heterocycles. The van der Waals surface area contributed by atoms with Crippen molar-refractivity contribution in [1.82, 2.24) is 15.1 Å². The van der Waals surface area contributed by atoms with Gasteiger partial charge in [0.1, 0.15) is 0 Å². The number of nitrogens with zero attached hydrogens (tertiary/aromatic N) is 2. The number of aryl methyl sites for hydroxylation is 1. The first-order valence-electron chi connectivity index (χ1n) is 9.41. The molecule has 1 N–H and O–H groups in total. The molecule has 0 bridgehead atoms. The van der Waals surface area contributed by atoms with Crippen LogP contribution in [0.5, 0.6) is 0 Å². The Morgan fingerprint density at radius 3 is 2.50 bits per heavy atom. The summed E-state index contributed by atoms with van der Waals surface area (Å²) >= 11 is 5.83. The van der Waals surface area contributed by atoms with Crippen molar-refractivity contribution < 1.29 is 14.3 Å². The zero-order valence-corrected chi connectivity index (χ0v) is 17.5. The summed E-state index contributed by atoms with van der Waals surface area (Å²) < 4.78 is 6.84. The van der Waals surface area contributed by atoms with Gasteiger partial charge < -0.3 is 10.1 Å². The van der Waals surface area contributed by atoms with Crippen molar-refractivity contribution in [2.24, 2.45) is 0 Å². The van der Waals surface area contributed by atoms with E-state index in [1.807, 2.05) is 61.0 Å². The molecule has 6 nitrogen and oxygen atoms in total. The maximum atomic E-state index is 12.0. The molecule has 0 radical (unpaired) electrons. The first-order chi connectivity index (χ1) is 14.4. The predicted octanol–water partition coefficient (Wildman–Crippen LogP) is 4.02. The number of hydrogen-bond donors (Lipinski definition) is 1. The Bertz CT molecular complexity index is 1060. The molecular formula is C23H22ClN3O3. The van der Waals surface area contributed by atoms with Crippen LogP contribution >= 0.6 is 11.6 Å². The molecule has 3 rings (SSSR count). The molecule has 154 valence electrons. The fourth-order valence-electron chi connectivity index (χ4n) is 2.91. The third-order valence-corrected chi connectivity index (χ3v) is 4.73. The van der Waals surface area contributed by atoms with Crippen molar-refractivity contribution in [3.63, 3.8) is 0 Å². The molecule has 0 aliphatic carbocycles. The van der Waals surface area contributed by atoms with Crippen LogP contribution in [0.1, 0.15) is 22.5 Å². The van der Waals surface area contributed by atoms with E-state index in [4.69, 9.17) is 16.3 Å². The summed E-state index contributed by atoms with van der Waals surface area (Å²) in [6.07, 6.45) is 2.96. The lowest BCUT2D eigenvalue weighted by Gasteiger charge is -2.06. The SMILES string of the molecule is Cc1nn(-c2ccccc2)c(C)c1/C=C/C(=O)OCC(=O)NCc1ccc(Cl)cc1. The molecule has 7 heteroatoms. The van der Waals surface area contributed by atoms with E-state index >= 15 is 0 Å². The van der Waals surface area contributed by atoms with E-state index in [0.717, 1.165) is 28.2 Å². The highest BCUT2D eigenvalue weighted by molar-refractivity contribution is 6.30. The summed E-state index contributed by atoms with van der Waals surface area (Å²) in [6.45, 7) is 3.79. The van der Waals surface area contributed by atoms with Crippen molar-refractivity contribution in [2.45, 2.75) is 20.4 Å². The van der Waals surface area contributed by atoms with Crippen LogP contribution < -0.4 is 5.32 Å². The van der Waals surface area contributed by atoms with Gasteiger partial charge in [0, 0.05) is 28.9 Å². The van der Waals surface area contributed by atoms with Gasteiger partial charge in [-0.15, -0.1) is 0 Å². The minimum atomic E-state index is -0.595. The maximum Gasteiger partial charge on any atom is 0.331 e. The summed E-state index contributed by atoms with van der Waals surface area (Å²) in [5.41, 5.74) is 4.38. The Hall–Kier alpha value is -3.38. The van der Waals surface area contributed by atoms with Crippen molar-refractivity contribution in [3.05, 3.63) is 88.2 Å². The molecule has 30 heavy (non-hydrogen) atoms. The lowest BCUT2D eigenvalue weighted by Crippen LogP contribution is -2.28. The van der Waals surface area contributed by atoms with E-state index in [1.165, 1.54) is 6.08 Å². The van der Waals surface area contributed by atoms with E-state index < -0.39 is 5.97 Å². The molecule has 0 saturated heterocycles. The Morgan fingerprint density at radius 1 is 1.10 bits per heavy atom. The quantitative estimate of drug-likeness (QED) is 0.460. The smallest absolute Gasteiger partial charge is 0.331 e. The number of esters is 1. The second-order valence-electron chi connectivity index (χ2n) is 6.68. The van der Waals surface area contributed by atoms with Crippen molar-refractivity contribution in [3.8, 4) is 5.69 Å². The lowest BCUT2D eigenvalue weighted by atomic mass is 10.2. The van der Waals surface area contributed by atoms with Crippen molar-refractivity contribution in [1.29, 1.82) is 0 Å². The molecular weight excluding hydrogens is 402 g/mol. The Balaban J connectivity index is 1.53. The Morgan fingerprint density at radius 2 is 1.80 bits per heavy atom. The molecule has 0 spiro atoms. The molecule has 0 fully saturated rings. The van der Waals surface area contributed by atoms with Crippen molar-refractivity contribution in [2.75, 3.05) is 6.61 Å². The highest BCUT2D eigenvalue weighted by atomic mass is 35.5. The summed E-state index contributed by atoms with van der Waals surface area (Å²) in [5, 5.41) is 7.85. The van der Waals surface area contributed by atoms with Crippen LogP contribution in [0.2, 0.25) is 5.02 Å². The molecule has 0 unspecified atom stereocenters. The number of carbonyl (C=O) groups is 2. The summed E-state index contributed by atoms with van der Waals surface area (Å²) in [5.74, 6) is -0.973. The number of carbonyl (C=O) groups excluding carboxylic acids is 2. The van der Waals surface area contributed by atoms with Crippen LogP contribution in [0.3, 0.4) is 0 Å². The average Bonchev–Trinajstić information content (AvgIpc) is 3.04. The van der Waals surface area contributed by atoms with Crippen LogP contribution in [-0.2, 0) is 20.9 Å². The van der Waals surface area contributed by atoms with Crippen LogP contribution in [0, 0.1) is 13.8 Å². The van der Waals surface area contributed by atoms with E-state index in [2.05, 4.69) is 10.4 Å². The molecule has 1 amide bonds. The number of benzene rings is 2. The minimum Gasteiger partial charge on any atom is -0.452 e. The van der Waals surface area contributed by atoms with Gasteiger partial charge in [-0.25, -0.2) is 9.48 Å². The second kappa shape index (κ2) is 9.89. The normalized spacial score (nSPS) is 10.9. The highest BCUT2D eigenvalue weighted by Crippen LogP contribution is 2.19. The van der Waals surface area contributed by atoms with Gasteiger partial charge in [-0.3, -0.25) is 4.79 Å². The standard InChI is InChI=1S/C23H22ClN3O3/c1-16-21(17(2)27(26-16)20-6-4-3-5-7-20)12-13-23(29)30-15-22(28)25-14-18-8-10-19(24)11-9-18/h3-13H,14-15H2,1-2H3,(H,25,28)/b13-12+. The van der Waals surface area contributed by atoms with Crippen molar-refractivity contribution >= 4 is 29.6 Å². The number of rotatable bonds is 7. The molecule has 0 atom stereocenters. The van der Waals surface area contributed by atoms with Gasteiger partial charge in [0.2, 0.25) is 0 Å². The third kappa shape index (κ3) is 5.58. The molecule has 0 aliphatic heterocycles. The number of nitrogens with one attached hydrogen (secondary N) is 1. The maximum absolute atomic E-state index is 12.0. The zero-order chi connectivity index (χ0) is 21.5. The highest BCUT2D eigenvalue weighted by Gasteiger charge is 2.11. The molecule has 0 aliphatic rings. The van der Waals surface area contributed by atoms with Crippen LogP contribution in [0.25, 0.3) is 11.8 Å². The molecule has 2 aromatic carbocycles. The summed E-state index contributed by atoms with van der Waals surface area (Å²) in [7, 11) is 0. The second-order valence-corrected chi connectivity index (χ2v) is 7.11. The van der Waals surface area contributed by atoms with Gasteiger partial charge >= 0.3 is 5.97 Å². The van der Waals surface area contributed by atoms with E-state index in [1.54, 1.807) is 18.2 Å². The third-order valence-electron chi connectivity index (χ3n) is 4.48. The first kappa shape index (κ1) is 21.3. The van der Waals surface area contributed by atoms with E-state index in [9.17, 15) is 9.59 Å². The molecule has 0 saturated carbocycles. The number of amides is 1.